The van der Waals surface area contributed by atoms with Crippen LogP contribution in [0.15, 0.2) is 71.8 Å². The number of cyclic esters (lactones) is 1. The maximum Gasteiger partial charge on any atom is 0.344 e. The molecule has 0 fully saturated rings. The highest BCUT2D eigenvalue weighted by atomic mass is 16.5. The number of benzene rings is 2. The van der Waals surface area contributed by atoms with Crippen molar-refractivity contribution >= 4 is 24.1 Å². The summed E-state index contributed by atoms with van der Waals surface area (Å²) < 4.78 is 5.28. The van der Waals surface area contributed by atoms with Gasteiger partial charge in [0.05, 0.1) is 11.1 Å². The van der Waals surface area contributed by atoms with E-state index in [0.717, 1.165) is 5.56 Å². The standard InChI is InChI=1S/C18H12O3/c19-12-16-15(11-13-7-3-1-4-8-13)18(20)21-17(16)14-9-5-2-6-10-14/h1-12H/b15-11-. The van der Waals surface area contributed by atoms with Gasteiger partial charge in [0, 0.05) is 5.56 Å². The van der Waals surface area contributed by atoms with Gasteiger partial charge < -0.3 is 4.74 Å². The smallest absolute Gasteiger partial charge is 0.344 e. The van der Waals surface area contributed by atoms with E-state index < -0.39 is 5.97 Å². The van der Waals surface area contributed by atoms with Crippen molar-refractivity contribution in [1.29, 1.82) is 0 Å². The van der Waals surface area contributed by atoms with Crippen LogP contribution in [-0.4, -0.2) is 12.3 Å². The highest BCUT2D eigenvalue weighted by molar-refractivity contribution is 6.15. The van der Waals surface area contributed by atoms with Crippen molar-refractivity contribution in [3.8, 4) is 0 Å². The maximum absolute atomic E-state index is 12.0. The first kappa shape index (κ1) is 13.1. The fourth-order valence-electron chi connectivity index (χ4n) is 2.21. The van der Waals surface area contributed by atoms with E-state index in [0.29, 0.717) is 17.6 Å². The topological polar surface area (TPSA) is 43.4 Å². The molecule has 3 rings (SSSR count). The first-order valence-corrected chi connectivity index (χ1v) is 6.54. The van der Waals surface area contributed by atoms with E-state index in [-0.39, 0.29) is 11.1 Å². The van der Waals surface area contributed by atoms with Gasteiger partial charge >= 0.3 is 5.97 Å². The number of aldehydes is 1. The summed E-state index contributed by atoms with van der Waals surface area (Å²) in [5, 5.41) is 0. The van der Waals surface area contributed by atoms with E-state index in [1.807, 2.05) is 48.5 Å². The summed E-state index contributed by atoms with van der Waals surface area (Å²) in [6, 6.07) is 18.5. The molecule has 1 heterocycles. The molecule has 0 N–H and O–H groups in total. The monoisotopic (exact) mass is 276 g/mol. The lowest BCUT2D eigenvalue weighted by atomic mass is 10.0. The second kappa shape index (κ2) is 5.59. The molecular formula is C18H12O3. The molecule has 2 aromatic carbocycles. The highest BCUT2D eigenvalue weighted by Crippen LogP contribution is 2.32. The Bertz CT molecular complexity index is 741. The number of hydrogen-bond donors (Lipinski definition) is 0. The van der Waals surface area contributed by atoms with Crippen LogP contribution in [0, 0.1) is 0 Å². The fraction of sp³-hybridized carbons (Fsp3) is 0. The minimum absolute atomic E-state index is 0.287. The first-order chi connectivity index (χ1) is 10.3. The zero-order valence-electron chi connectivity index (χ0n) is 11.2. The van der Waals surface area contributed by atoms with Crippen LogP contribution >= 0.6 is 0 Å². The first-order valence-electron chi connectivity index (χ1n) is 6.54. The number of ether oxygens (including phenoxy) is 1. The molecule has 3 nitrogen and oxygen atoms in total. The zero-order chi connectivity index (χ0) is 14.7. The van der Waals surface area contributed by atoms with Gasteiger partial charge in [-0.2, -0.15) is 0 Å². The summed E-state index contributed by atoms with van der Waals surface area (Å²) in [6.07, 6.45) is 2.34. The van der Waals surface area contributed by atoms with Gasteiger partial charge in [-0.15, -0.1) is 0 Å². The van der Waals surface area contributed by atoms with E-state index in [2.05, 4.69) is 0 Å². The van der Waals surface area contributed by atoms with Crippen LogP contribution in [0.3, 0.4) is 0 Å². The molecule has 102 valence electrons. The van der Waals surface area contributed by atoms with Gasteiger partial charge in [-0.1, -0.05) is 60.7 Å². The van der Waals surface area contributed by atoms with Gasteiger partial charge in [0.25, 0.3) is 0 Å². The number of carbonyl (C=O) groups excluding carboxylic acids is 2. The molecule has 0 saturated carbocycles. The third-order valence-corrected chi connectivity index (χ3v) is 3.21. The van der Waals surface area contributed by atoms with E-state index in [1.54, 1.807) is 18.2 Å². The molecule has 21 heavy (non-hydrogen) atoms. The van der Waals surface area contributed by atoms with Crippen LogP contribution in [0.5, 0.6) is 0 Å². The molecule has 1 aliphatic rings. The van der Waals surface area contributed by atoms with Crippen molar-refractivity contribution in [3.63, 3.8) is 0 Å². The molecule has 0 amide bonds. The molecule has 0 aliphatic carbocycles. The van der Waals surface area contributed by atoms with Crippen molar-refractivity contribution in [2.75, 3.05) is 0 Å². The van der Waals surface area contributed by atoms with Crippen LogP contribution in [0.1, 0.15) is 11.1 Å². The second-order valence-corrected chi connectivity index (χ2v) is 4.58. The largest absolute Gasteiger partial charge is 0.421 e. The molecule has 3 heteroatoms. The van der Waals surface area contributed by atoms with E-state index in [9.17, 15) is 9.59 Å². The van der Waals surface area contributed by atoms with Crippen molar-refractivity contribution in [3.05, 3.63) is 82.9 Å². The summed E-state index contributed by atoms with van der Waals surface area (Å²) >= 11 is 0. The summed E-state index contributed by atoms with van der Waals surface area (Å²) in [6.45, 7) is 0. The van der Waals surface area contributed by atoms with Gasteiger partial charge in [0.15, 0.2) is 6.29 Å². The van der Waals surface area contributed by atoms with Crippen molar-refractivity contribution in [2.24, 2.45) is 0 Å². The van der Waals surface area contributed by atoms with E-state index in [4.69, 9.17) is 4.74 Å². The van der Waals surface area contributed by atoms with Gasteiger partial charge in [0.1, 0.15) is 5.76 Å². The maximum atomic E-state index is 12.0. The number of esters is 1. The molecule has 1 aliphatic heterocycles. The van der Waals surface area contributed by atoms with Crippen molar-refractivity contribution < 1.29 is 14.3 Å². The average Bonchev–Trinajstić information content (AvgIpc) is 2.85. The quantitative estimate of drug-likeness (QED) is 0.491. The zero-order valence-corrected chi connectivity index (χ0v) is 11.2. The Kier molecular flexibility index (Phi) is 3.48. The Balaban J connectivity index is 2.10. The lowest BCUT2D eigenvalue weighted by molar-refractivity contribution is -0.131. The molecule has 0 unspecified atom stereocenters. The van der Waals surface area contributed by atoms with Crippen LogP contribution < -0.4 is 0 Å². The molecule has 0 radical (unpaired) electrons. The number of rotatable bonds is 3. The molecule has 0 aromatic heterocycles. The van der Waals surface area contributed by atoms with Gasteiger partial charge in [-0.05, 0) is 11.6 Å². The minimum atomic E-state index is -0.500. The Morgan fingerprint density at radius 1 is 0.857 bits per heavy atom. The molecule has 0 saturated heterocycles. The second-order valence-electron chi connectivity index (χ2n) is 4.58. The number of carbonyl (C=O) groups is 2. The summed E-state index contributed by atoms with van der Waals surface area (Å²) in [4.78, 5) is 23.4. The van der Waals surface area contributed by atoms with Gasteiger partial charge in [-0.25, -0.2) is 4.79 Å². The SMILES string of the molecule is O=CC1=C(c2ccccc2)OC(=O)/C1=C\c1ccccc1. The molecule has 0 atom stereocenters. The predicted octanol–water partition coefficient (Wildman–Crippen LogP) is 3.24. The fourth-order valence-corrected chi connectivity index (χ4v) is 2.21. The van der Waals surface area contributed by atoms with Crippen LogP contribution in [0.2, 0.25) is 0 Å². The molecular weight excluding hydrogens is 264 g/mol. The Hall–Kier alpha value is -2.94. The van der Waals surface area contributed by atoms with Crippen LogP contribution in [0.4, 0.5) is 0 Å². The minimum Gasteiger partial charge on any atom is -0.421 e. The normalized spacial score (nSPS) is 16.2. The summed E-state index contributed by atoms with van der Waals surface area (Å²) in [5.41, 5.74) is 2.13. The average molecular weight is 276 g/mol. The Labute approximate surface area is 122 Å². The van der Waals surface area contributed by atoms with Crippen molar-refractivity contribution in [1.82, 2.24) is 0 Å². The Morgan fingerprint density at radius 3 is 2.10 bits per heavy atom. The Morgan fingerprint density at radius 2 is 1.48 bits per heavy atom. The number of hydrogen-bond acceptors (Lipinski definition) is 3. The summed E-state index contributed by atoms with van der Waals surface area (Å²) in [5.74, 6) is -0.183. The summed E-state index contributed by atoms with van der Waals surface area (Å²) in [7, 11) is 0. The van der Waals surface area contributed by atoms with Crippen LogP contribution in [0.25, 0.3) is 11.8 Å². The van der Waals surface area contributed by atoms with Gasteiger partial charge in [0.2, 0.25) is 0 Å². The molecule has 0 spiro atoms. The predicted molar refractivity (Wildman–Crippen MR) is 79.9 cm³/mol. The van der Waals surface area contributed by atoms with E-state index >= 15 is 0 Å². The lowest BCUT2D eigenvalue weighted by Crippen LogP contribution is -1.98. The van der Waals surface area contributed by atoms with Crippen molar-refractivity contribution in [2.45, 2.75) is 0 Å². The third kappa shape index (κ3) is 2.54. The highest BCUT2D eigenvalue weighted by Gasteiger charge is 2.30. The van der Waals surface area contributed by atoms with Crippen LogP contribution in [-0.2, 0) is 14.3 Å². The van der Waals surface area contributed by atoms with Gasteiger partial charge in [-0.3, -0.25) is 4.79 Å². The van der Waals surface area contributed by atoms with E-state index in [1.165, 1.54) is 0 Å². The lowest BCUT2D eigenvalue weighted by Gasteiger charge is -2.00. The molecule has 2 aromatic rings. The third-order valence-electron chi connectivity index (χ3n) is 3.21. The molecule has 0 bridgehead atoms.